The van der Waals surface area contributed by atoms with Gasteiger partial charge in [-0.3, -0.25) is 9.10 Å². The van der Waals surface area contributed by atoms with E-state index in [1.54, 1.807) is 0 Å². The molecule has 0 spiro atoms. The number of amides is 1. The number of rotatable bonds is 9. The molecule has 1 N–H and O–H groups in total. The molecule has 0 aliphatic carbocycles. The molecule has 1 amide bonds. The van der Waals surface area contributed by atoms with Crippen molar-refractivity contribution in [2.45, 2.75) is 38.8 Å². The van der Waals surface area contributed by atoms with E-state index in [0.717, 1.165) is 37.7 Å². The minimum atomic E-state index is -4.69. The first-order valence-corrected chi connectivity index (χ1v) is 9.82. The van der Waals surface area contributed by atoms with Gasteiger partial charge in [0, 0.05) is 19.5 Å². The second kappa shape index (κ2) is 9.07. The third-order valence-corrected chi connectivity index (χ3v) is 4.70. The highest BCUT2D eigenvalue weighted by molar-refractivity contribution is 7.92. The smallest absolute Gasteiger partial charge is 0.356 e. The number of alkyl halides is 3. The lowest BCUT2D eigenvalue weighted by atomic mass is 10.1. The Balaban J connectivity index is 2.90. The number of anilines is 1. The summed E-state index contributed by atoms with van der Waals surface area (Å²) >= 11 is 0. The van der Waals surface area contributed by atoms with E-state index in [1.807, 2.05) is 6.92 Å². The average Bonchev–Trinajstić information content (AvgIpc) is 2.50. The Morgan fingerprint density at radius 1 is 1.20 bits per heavy atom. The average molecular weight is 380 g/mol. The number of para-hydroxylation sites is 1. The Hall–Kier alpha value is -1.77. The highest BCUT2D eigenvalue weighted by Gasteiger charge is 2.36. The molecular formula is C16H23F3N2O3S. The fraction of sp³-hybridized carbons (Fsp3) is 0.562. The summed E-state index contributed by atoms with van der Waals surface area (Å²) in [7, 11) is -3.97. The van der Waals surface area contributed by atoms with E-state index in [2.05, 4.69) is 5.32 Å². The lowest BCUT2D eigenvalue weighted by Crippen LogP contribution is -2.36. The van der Waals surface area contributed by atoms with Gasteiger partial charge in [-0.1, -0.05) is 31.9 Å². The molecule has 0 saturated carbocycles. The van der Waals surface area contributed by atoms with E-state index in [4.69, 9.17) is 0 Å². The van der Waals surface area contributed by atoms with Crippen LogP contribution in [0.4, 0.5) is 18.9 Å². The molecule has 5 nitrogen and oxygen atoms in total. The topological polar surface area (TPSA) is 66.5 Å². The van der Waals surface area contributed by atoms with Gasteiger partial charge in [0.1, 0.15) is 0 Å². The summed E-state index contributed by atoms with van der Waals surface area (Å²) in [4.78, 5) is 11.8. The predicted molar refractivity (Wildman–Crippen MR) is 90.8 cm³/mol. The standard InChI is InChI=1S/C16H23F3N2O3S/c1-3-4-7-11-20-15(22)10-12-21(25(2,23)24)14-9-6-5-8-13(14)16(17,18)19/h5-6,8-9H,3-4,7,10-12H2,1-2H3,(H,20,22). The Bertz CT molecular complexity index is 675. The Kier molecular flexibility index (Phi) is 7.72. The van der Waals surface area contributed by atoms with E-state index < -0.39 is 33.4 Å². The van der Waals surface area contributed by atoms with Gasteiger partial charge in [-0.2, -0.15) is 13.2 Å². The molecule has 0 heterocycles. The van der Waals surface area contributed by atoms with E-state index >= 15 is 0 Å². The molecule has 1 aromatic carbocycles. The first kappa shape index (κ1) is 21.3. The lowest BCUT2D eigenvalue weighted by Gasteiger charge is -2.25. The lowest BCUT2D eigenvalue weighted by molar-refractivity contribution is -0.137. The molecule has 1 rings (SSSR count). The van der Waals surface area contributed by atoms with Crippen molar-refractivity contribution in [3.63, 3.8) is 0 Å². The summed E-state index contributed by atoms with van der Waals surface area (Å²) in [5.74, 6) is -0.394. The predicted octanol–water partition coefficient (Wildman–Crippen LogP) is 3.17. The number of nitrogens with one attached hydrogen (secondary N) is 1. The number of hydrogen-bond acceptors (Lipinski definition) is 3. The van der Waals surface area contributed by atoms with Crippen LogP contribution in [-0.4, -0.2) is 33.7 Å². The van der Waals surface area contributed by atoms with Crippen LogP contribution >= 0.6 is 0 Å². The van der Waals surface area contributed by atoms with Gasteiger partial charge in [0.2, 0.25) is 15.9 Å². The summed E-state index contributed by atoms with van der Waals surface area (Å²) in [6.07, 6.45) is -1.35. The van der Waals surface area contributed by atoms with Crippen LogP contribution in [0.3, 0.4) is 0 Å². The van der Waals surface area contributed by atoms with Crippen molar-refractivity contribution >= 4 is 21.6 Å². The molecule has 0 unspecified atom stereocenters. The molecule has 0 aliphatic heterocycles. The zero-order valence-corrected chi connectivity index (χ0v) is 15.1. The van der Waals surface area contributed by atoms with Crippen LogP contribution in [0.25, 0.3) is 0 Å². The van der Waals surface area contributed by atoms with Gasteiger partial charge in [0.05, 0.1) is 17.5 Å². The number of unbranched alkanes of at least 4 members (excludes halogenated alkanes) is 2. The number of benzene rings is 1. The van der Waals surface area contributed by atoms with E-state index in [1.165, 1.54) is 12.1 Å². The summed E-state index contributed by atoms with van der Waals surface area (Å²) < 4.78 is 63.9. The highest BCUT2D eigenvalue weighted by Crippen LogP contribution is 2.37. The zero-order valence-electron chi connectivity index (χ0n) is 14.3. The fourth-order valence-electron chi connectivity index (χ4n) is 2.29. The van der Waals surface area contributed by atoms with E-state index in [0.29, 0.717) is 10.8 Å². The summed E-state index contributed by atoms with van der Waals surface area (Å²) in [6, 6.07) is 4.42. The third kappa shape index (κ3) is 6.93. The van der Waals surface area contributed by atoms with Crippen LogP contribution in [0, 0.1) is 0 Å². The Labute approximate surface area is 146 Å². The molecule has 0 bridgehead atoms. The van der Waals surface area contributed by atoms with E-state index in [-0.39, 0.29) is 13.0 Å². The fourth-order valence-corrected chi connectivity index (χ4v) is 3.23. The summed E-state index contributed by atoms with van der Waals surface area (Å²) in [6.45, 7) is 2.13. The number of hydrogen-bond donors (Lipinski definition) is 1. The SMILES string of the molecule is CCCCCNC(=O)CCN(c1ccccc1C(F)(F)F)S(C)(=O)=O. The number of carbonyl (C=O) groups is 1. The van der Waals surface area contributed by atoms with Gasteiger partial charge in [0.25, 0.3) is 0 Å². The molecule has 0 radical (unpaired) electrons. The van der Waals surface area contributed by atoms with Crippen LogP contribution in [0.2, 0.25) is 0 Å². The summed E-state index contributed by atoms with van der Waals surface area (Å²) in [5.41, 5.74) is -1.53. The minimum absolute atomic E-state index is 0.217. The molecule has 0 aliphatic rings. The Morgan fingerprint density at radius 2 is 1.84 bits per heavy atom. The van der Waals surface area contributed by atoms with Crippen molar-refractivity contribution in [2.24, 2.45) is 0 Å². The quantitative estimate of drug-likeness (QED) is 0.669. The maximum absolute atomic E-state index is 13.1. The molecule has 1 aromatic rings. The van der Waals surface area contributed by atoms with Crippen molar-refractivity contribution in [2.75, 3.05) is 23.7 Å². The van der Waals surface area contributed by atoms with Crippen molar-refractivity contribution in [3.8, 4) is 0 Å². The molecule has 9 heteroatoms. The first-order chi connectivity index (χ1) is 11.6. The van der Waals surface area contributed by atoms with Gasteiger partial charge >= 0.3 is 6.18 Å². The Morgan fingerprint density at radius 3 is 2.40 bits per heavy atom. The van der Waals surface area contributed by atoms with E-state index in [9.17, 15) is 26.4 Å². The largest absolute Gasteiger partial charge is 0.418 e. The van der Waals surface area contributed by atoms with Gasteiger partial charge in [-0.15, -0.1) is 0 Å². The van der Waals surface area contributed by atoms with Crippen molar-refractivity contribution in [1.29, 1.82) is 0 Å². The number of halogens is 3. The van der Waals surface area contributed by atoms with Gasteiger partial charge in [0.15, 0.2) is 0 Å². The molecule has 0 saturated heterocycles. The monoisotopic (exact) mass is 380 g/mol. The molecule has 142 valence electrons. The molecule has 25 heavy (non-hydrogen) atoms. The second-order valence-corrected chi connectivity index (χ2v) is 7.56. The summed E-state index contributed by atoms with van der Waals surface area (Å²) in [5, 5.41) is 2.64. The van der Waals surface area contributed by atoms with Crippen LogP contribution in [0.5, 0.6) is 0 Å². The number of sulfonamides is 1. The highest BCUT2D eigenvalue weighted by atomic mass is 32.2. The van der Waals surface area contributed by atoms with Crippen LogP contribution in [0.1, 0.15) is 38.2 Å². The molecule has 0 fully saturated rings. The number of carbonyl (C=O) groups excluding carboxylic acids is 1. The maximum atomic E-state index is 13.1. The van der Waals surface area contributed by atoms with Crippen LogP contribution in [-0.2, 0) is 21.0 Å². The van der Waals surface area contributed by atoms with Crippen LogP contribution < -0.4 is 9.62 Å². The molecule has 0 atom stereocenters. The van der Waals surface area contributed by atoms with Gasteiger partial charge in [-0.25, -0.2) is 8.42 Å². The minimum Gasteiger partial charge on any atom is -0.356 e. The number of nitrogens with zero attached hydrogens (tertiary/aromatic N) is 1. The molecule has 0 aromatic heterocycles. The van der Waals surface area contributed by atoms with Crippen molar-refractivity contribution in [3.05, 3.63) is 29.8 Å². The van der Waals surface area contributed by atoms with Gasteiger partial charge < -0.3 is 5.32 Å². The third-order valence-electron chi connectivity index (χ3n) is 3.52. The first-order valence-electron chi connectivity index (χ1n) is 7.98. The van der Waals surface area contributed by atoms with Crippen LogP contribution in [0.15, 0.2) is 24.3 Å². The zero-order chi connectivity index (χ0) is 19.1. The normalized spacial score (nSPS) is 12.0. The van der Waals surface area contributed by atoms with Crippen molar-refractivity contribution in [1.82, 2.24) is 5.32 Å². The van der Waals surface area contributed by atoms with Crippen molar-refractivity contribution < 1.29 is 26.4 Å². The molecular weight excluding hydrogens is 357 g/mol. The second-order valence-electron chi connectivity index (χ2n) is 5.66. The maximum Gasteiger partial charge on any atom is 0.418 e. The van der Waals surface area contributed by atoms with Gasteiger partial charge in [-0.05, 0) is 18.6 Å².